The third kappa shape index (κ3) is 3.05. The van der Waals surface area contributed by atoms with Gasteiger partial charge in [-0.2, -0.15) is 4.98 Å². The first-order valence-electron chi connectivity index (χ1n) is 6.19. The fraction of sp³-hybridized carbons (Fsp3) is 0.0667. The van der Waals surface area contributed by atoms with Crippen LogP contribution >= 0.6 is 15.9 Å². The lowest BCUT2D eigenvalue weighted by molar-refractivity contribution is 0.423. The smallest absolute Gasteiger partial charge is 0.257 e. The van der Waals surface area contributed by atoms with E-state index in [1.807, 2.05) is 54.6 Å². The highest BCUT2D eigenvalue weighted by atomic mass is 79.9. The minimum Gasteiger partial charge on any atom is -0.378 e. The number of hydrogen-bond acceptors (Lipinski definition) is 4. The van der Waals surface area contributed by atoms with Crippen LogP contribution in [0.2, 0.25) is 0 Å². The summed E-state index contributed by atoms with van der Waals surface area (Å²) in [6, 6.07) is 17.7. The van der Waals surface area contributed by atoms with Crippen molar-refractivity contribution in [2.75, 3.05) is 5.32 Å². The van der Waals surface area contributed by atoms with E-state index in [0.29, 0.717) is 18.3 Å². The molecule has 0 spiro atoms. The fourth-order valence-corrected chi connectivity index (χ4v) is 2.20. The van der Waals surface area contributed by atoms with Gasteiger partial charge in [-0.15, -0.1) is 0 Å². The maximum Gasteiger partial charge on any atom is 0.257 e. The Morgan fingerprint density at radius 2 is 1.90 bits per heavy atom. The summed E-state index contributed by atoms with van der Waals surface area (Å²) >= 11 is 3.43. The molecule has 4 nitrogen and oxygen atoms in total. The average Bonchev–Trinajstić information content (AvgIpc) is 2.95. The second kappa shape index (κ2) is 5.88. The van der Waals surface area contributed by atoms with E-state index in [0.717, 1.165) is 15.7 Å². The quantitative estimate of drug-likeness (QED) is 0.782. The van der Waals surface area contributed by atoms with Crippen LogP contribution < -0.4 is 5.32 Å². The molecule has 0 radical (unpaired) electrons. The third-order valence-corrected chi connectivity index (χ3v) is 3.26. The molecule has 2 aromatic carbocycles. The zero-order chi connectivity index (χ0) is 13.8. The number of anilines is 1. The van der Waals surface area contributed by atoms with Crippen LogP contribution in [0.4, 0.5) is 5.69 Å². The molecular formula is C15H12BrN3O. The summed E-state index contributed by atoms with van der Waals surface area (Å²) in [5.74, 6) is 1.17. The lowest BCUT2D eigenvalue weighted by Crippen LogP contribution is -2.00. The SMILES string of the molecule is Brc1cccc(NCc2noc(-c3ccccc3)n2)c1. The van der Waals surface area contributed by atoms with E-state index in [1.54, 1.807) is 0 Å². The van der Waals surface area contributed by atoms with E-state index in [2.05, 4.69) is 31.4 Å². The Labute approximate surface area is 125 Å². The molecule has 100 valence electrons. The summed E-state index contributed by atoms with van der Waals surface area (Å²) in [5.41, 5.74) is 1.93. The first-order chi connectivity index (χ1) is 9.81. The van der Waals surface area contributed by atoms with Gasteiger partial charge in [0.1, 0.15) is 0 Å². The zero-order valence-corrected chi connectivity index (χ0v) is 12.2. The molecule has 0 fully saturated rings. The number of nitrogens with zero attached hydrogens (tertiary/aromatic N) is 2. The molecule has 0 amide bonds. The molecule has 0 aliphatic heterocycles. The van der Waals surface area contributed by atoms with Gasteiger partial charge in [0.05, 0.1) is 6.54 Å². The van der Waals surface area contributed by atoms with E-state index in [-0.39, 0.29) is 0 Å². The van der Waals surface area contributed by atoms with Crippen LogP contribution in [0.25, 0.3) is 11.5 Å². The molecule has 3 rings (SSSR count). The van der Waals surface area contributed by atoms with Gasteiger partial charge in [0.2, 0.25) is 0 Å². The summed E-state index contributed by atoms with van der Waals surface area (Å²) in [6.45, 7) is 0.521. The van der Waals surface area contributed by atoms with Crippen LogP contribution in [0.1, 0.15) is 5.82 Å². The molecular weight excluding hydrogens is 318 g/mol. The average molecular weight is 330 g/mol. The van der Waals surface area contributed by atoms with Crippen LogP contribution in [-0.2, 0) is 6.54 Å². The highest BCUT2D eigenvalue weighted by Gasteiger charge is 2.07. The van der Waals surface area contributed by atoms with E-state index in [9.17, 15) is 0 Å². The summed E-state index contributed by atoms with van der Waals surface area (Å²) in [5, 5.41) is 7.22. The van der Waals surface area contributed by atoms with Crippen LogP contribution in [0.5, 0.6) is 0 Å². The molecule has 0 atom stereocenters. The molecule has 0 saturated carbocycles. The summed E-state index contributed by atoms with van der Waals surface area (Å²) in [7, 11) is 0. The van der Waals surface area contributed by atoms with Crippen molar-refractivity contribution >= 4 is 21.6 Å². The van der Waals surface area contributed by atoms with Crippen molar-refractivity contribution in [3.63, 3.8) is 0 Å². The molecule has 20 heavy (non-hydrogen) atoms. The molecule has 3 aromatic rings. The summed E-state index contributed by atoms with van der Waals surface area (Å²) < 4.78 is 6.28. The zero-order valence-electron chi connectivity index (χ0n) is 10.6. The highest BCUT2D eigenvalue weighted by molar-refractivity contribution is 9.10. The molecule has 1 aromatic heterocycles. The molecule has 0 saturated heterocycles. The predicted molar refractivity (Wildman–Crippen MR) is 81.2 cm³/mol. The second-order valence-corrected chi connectivity index (χ2v) is 5.16. The lowest BCUT2D eigenvalue weighted by Gasteiger charge is -2.03. The first-order valence-corrected chi connectivity index (χ1v) is 6.98. The Bertz CT molecular complexity index is 697. The molecule has 0 aliphatic carbocycles. The van der Waals surface area contributed by atoms with Crippen molar-refractivity contribution in [2.45, 2.75) is 6.54 Å². The predicted octanol–water partition coefficient (Wildman–Crippen LogP) is 4.11. The largest absolute Gasteiger partial charge is 0.378 e. The minimum atomic E-state index is 0.521. The Kier molecular flexibility index (Phi) is 3.78. The molecule has 5 heteroatoms. The number of aromatic nitrogens is 2. The number of rotatable bonds is 4. The monoisotopic (exact) mass is 329 g/mol. The number of halogens is 1. The van der Waals surface area contributed by atoms with Crippen LogP contribution in [0.15, 0.2) is 63.6 Å². The van der Waals surface area contributed by atoms with Gasteiger partial charge in [-0.1, -0.05) is 45.4 Å². The van der Waals surface area contributed by atoms with Gasteiger partial charge in [-0.05, 0) is 30.3 Å². The van der Waals surface area contributed by atoms with Gasteiger partial charge in [-0.3, -0.25) is 0 Å². The van der Waals surface area contributed by atoms with E-state index in [4.69, 9.17) is 4.52 Å². The van der Waals surface area contributed by atoms with Gasteiger partial charge in [0.15, 0.2) is 5.82 Å². The number of nitrogens with one attached hydrogen (secondary N) is 1. The third-order valence-electron chi connectivity index (χ3n) is 2.76. The van der Waals surface area contributed by atoms with Gasteiger partial charge >= 0.3 is 0 Å². The normalized spacial score (nSPS) is 10.4. The van der Waals surface area contributed by atoms with E-state index < -0.39 is 0 Å². The Balaban J connectivity index is 1.69. The summed E-state index contributed by atoms with van der Waals surface area (Å²) in [4.78, 5) is 4.37. The van der Waals surface area contributed by atoms with E-state index >= 15 is 0 Å². The van der Waals surface area contributed by atoms with Crippen molar-refractivity contribution < 1.29 is 4.52 Å². The molecule has 1 N–H and O–H groups in total. The van der Waals surface area contributed by atoms with Crippen molar-refractivity contribution in [3.05, 3.63) is 64.9 Å². The maximum atomic E-state index is 5.25. The van der Waals surface area contributed by atoms with Crippen molar-refractivity contribution in [1.29, 1.82) is 0 Å². The van der Waals surface area contributed by atoms with Gasteiger partial charge in [0.25, 0.3) is 5.89 Å². The van der Waals surface area contributed by atoms with Gasteiger partial charge in [0, 0.05) is 15.7 Å². The number of hydrogen-bond donors (Lipinski definition) is 1. The molecule has 0 aliphatic rings. The molecule has 0 bridgehead atoms. The standard InChI is InChI=1S/C15H12BrN3O/c16-12-7-4-8-13(9-12)17-10-14-18-15(20-19-14)11-5-2-1-3-6-11/h1-9,17H,10H2. The van der Waals surface area contributed by atoms with Gasteiger partial charge < -0.3 is 9.84 Å². The first kappa shape index (κ1) is 12.9. The second-order valence-electron chi connectivity index (χ2n) is 4.25. The Morgan fingerprint density at radius 1 is 1.05 bits per heavy atom. The molecule has 1 heterocycles. The topological polar surface area (TPSA) is 51.0 Å². The fourth-order valence-electron chi connectivity index (χ4n) is 1.80. The molecule has 0 unspecified atom stereocenters. The number of benzene rings is 2. The van der Waals surface area contributed by atoms with E-state index in [1.165, 1.54) is 0 Å². The highest BCUT2D eigenvalue weighted by Crippen LogP contribution is 2.18. The summed E-state index contributed by atoms with van der Waals surface area (Å²) in [6.07, 6.45) is 0. The van der Waals surface area contributed by atoms with Crippen LogP contribution in [0, 0.1) is 0 Å². The Hall–Kier alpha value is -2.14. The lowest BCUT2D eigenvalue weighted by atomic mass is 10.2. The van der Waals surface area contributed by atoms with Crippen molar-refractivity contribution in [1.82, 2.24) is 10.1 Å². The Morgan fingerprint density at radius 3 is 2.70 bits per heavy atom. The maximum absolute atomic E-state index is 5.25. The van der Waals surface area contributed by atoms with Gasteiger partial charge in [-0.25, -0.2) is 0 Å². The van der Waals surface area contributed by atoms with Crippen LogP contribution in [-0.4, -0.2) is 10.1 Å². The van der Waals surface area contributed by atoms with Crippen LogP contribution in [0.3, 0.4) is 0 Å². The van der Waals surface area contributed by atoms with Crippen molar-refractivity contribution in [2.24, 2.45) is 0 Å². The van der Waals surface area contributed by atoms with Crippen molar-refractivity contribution in [3.8, 4) is 11.5 Å². The minimum absolute atomic E-state index is 0.521.